The number of benzene rings is 1. The number of aromatic nitrogens is 2. The van der Waals surface area contributed by atoms with Crippen molar-refractivity contribution >= 4 is 5.69 Å². The van der Waals surface area contributed by atoms with Crippen LogP contribution in [0.3, 0.4) is 0 Å². The van der Waals surface area contributed by atoms with Gasteiger partial charge in [0.15, 0.2) is 0 Å². The third kappa shape index (κ3) is 2.37. The molecule has 3 nitrogen and oxygen atoms in total. The van der Waals surface area contributed by atoms with Gasteiger partial charge in [-0.2, -0.15) is 5.10 Å². The van der Waals surface area contributed by atoms with Crippen LogP contribution in [-0.4, -0.2) is 10.2 Å². The minimum atomic E-state index is 0.295. The summed E-state index contributed by atoms with van der Waals surface area (Å²) >= 11 is 0. The summed E-state index contributed by atoms with van der Waals surface area (Å²) in [6.07, 6.45) is 3.63. The van der Waals surface area contributed by atoms with Crippen LogP contribution in [0.4, 0.5) is 5.69 Å². The zero-order chi connectivity index (χ0) is 10.7. The first kappa shape index (κ1) is 9.77. The number of H-pyrrole nitrogens is 1. The summed E-state index contributed by atoms with van der Waals surface area (Å²) in [7, 11) is 0. The zero-order valence-corrected chi connectivity index (χ0v) is 8.99. The van der Waals surface area contributed by atoms with Crippen LogP contribution in [-0.2, 0) is 0 Å². The molecular formula is C12H15N3. The Morgan fingerprint density at radius 1 is 1.27 bits per heavy atom. The first-order chi connectivity index (χ1) is 7.25. The number of rotatable bonds is 3. The van der Waals surface area contributed by atoms with Crippen molar-refractivity contribution in [3.8, 4) is 0 Å². The van der Waals surface area contributed by atoms with E-state index in [2.05, 4.69) is 53.6 Å². The van der Waals surface area contributed by atoms with E-state index in [9.17, 15) is 0 Å². The number of nitrogens with one attached hydrogen (secondary N) is 2. The van der Waals surface area contributed by atoms with E-state index in [4.69, 9.17) is 0 Å². The van der Waals surface area contributed by atoms with E-state index in [-0.39, 0.29) is 0 Å². The minimum absolute atomic E-state index is 0.295. The van der Waals surface area contributed by atoms with Crippen LogP contribution in [0, 0.1) is 6.92 Å². The lowest BCUT2D eigenvalue weighted by Crippen LogP contribution is -2.05. The average molecular weight is 201 g/mol. The lowest BCUT2D eigenvalue weighted by Gasteiger charge is -2.13. The maximum Gasteiger partial charge on any atom is 0.0728 e. The van der Waals surface area contributed by atoms with Gasteiger partial charge in [0.1, 0.15) is 0 Å². The molecule has 1 aromatic heterocycles. The predicted molar refractivity (Wildman–Crippen MR) is 61.8 cm³/mol. The van der Waals surface area contributed by atoms with Crippen molar-refractivity contribution in [2.45, 2.75) is 19.9 Å². The fourth-order valence-electron chi connectivity index (χ4n) is 1.52. The molecule has 1 aromatic carbocycles. The molecule has 0 radical (unpaired) electrons. The van der Waals surface area contributed by atoms with Crippen LogP contribution in [0.1, 0.15) is 24.1 Å². The third-order valence-corrected chi connectivity index (χ3v) is 2.46. The van der Waals surface area contributed by atoms with Gasteiger partial charge >= 0.3 is 0 Å². The Balaban J connectivity index is 2.08. The second-order valence-electron chi connectivity index (χ2n) is 3.76. The second kappa shape index (κ2) is 4.17. The molecule has 0 amide bonds. The van der Waals surface area contributed by atoms with Gasteiger partial charge in [0, 0.05) is 12.2 Å². The molecule has 1 unspecified atom stereocenters. The number of hydrogen-bond acceptors (Lipinski definition) is 2. The normalized spacial score (nSPS) is 12.4. The van der Waals surface area contributed by atoms with Gasteiger partial charge in [0.05, 0.1) is 11.9 Å². The van der Waals surface area contributed by atoms with Gasteiger partial charge in [0.25, 0.3) is 0 Å². The van der Waals surface area contributed by atoms with Crippen molar-refractivity contribution in [2.24, 2.45) is 0 Å². The Kier molecular flexibility index (Phi) is 2.72. The van der Waals surface area contributed by atoms with E-state index in [1.54, 1.807) is 6.20 Å². The molecule has 2 N–H and O–H groups in total. The zero-order valence-electron chi connectivity index (χ0n) is 8.99. The Morgan fingerprint density at radius 2 is 2.00 bits per heavy atom. The van der Waals surface area contributed by atoms with Gasteiger partial charge in [-0.3, -0.25) is 5.10 Å². The number of aromatic amines is 1. The van der Waals surface area contributed by atoms with E-state index in [0.29, 0.717) is 6.04 Å². The lowest BCUT2D eigenvalue weighted by atomic mass is 10.1. The molecule has 0 saturated heterocycles. The standard InChI is InChI=1S/C12H15N3/c1-9-3-5-11(6-4-9)10(2)15-12-7-13-14-8-12/h3-8,10,15H,1-2H3,(H,13,14). The first-order valence-electron chi connectivity index (χ1n) is 5.07. The maximum absolute atomic E-state index is 3.90. The summed E-state index contributed by atoms with van der Waals surface area (Å²) in [6.45, 7) is 4.23. The number of anilines is 1. The number of aryl methyl sites for hydroxylation is 1. The smallest absolute Gasteiger partial charge is 0.0728 e. The van der Waals surface area contributed by atoms with Crippen molar-refractivity contribution in [1.29, 1.82) is 0 Å². The lowest BCUT2D eigenvalue weighted by molar-refractivity contribution is 0.884. The molecule has 0 spiro atoms. The fourth-order valence-corrected chi connectivity index (χ4v) is 1.52. The summed E-state index contributed by atoms with van der Waals surface area (Å²) in [5, 5.41) is 10.0. The van der Waals surface area contributed by atoms with Crippen molar-refractivity contribution in [2.75, 3.05) is 5.32 Å². The summed E-state index contributed by atoms with van der Waals surface area (Å²) in [6, 6.07) is 8.84. The maximum atomic E-state index is 3.90. The van der Waals surface area contributed by atoms with Crippen molar-refractivity contribution in [3.63, 3.8) is 0 Å². The first-order valence-corrected chi connectivity index (χ1v) is 5.07. The van der Waals surface area contributed by atoms with Crippen LogP contribution in [0.2, 0.25) is 0 Å². The Hall–Kier alpha value is -1.77. The summed E-state index contributed by atoms with van der Waals surface area (Å²) in [5.74, 6) is 0. The van der Waals surface area contributed by atoms with E-state index in [0.717, 1.165) is 5.69 Å². The molecule has 3 heteroatoms. The summed E-state index contributed by atoms with van der Waals surface area (Å²) < 4.78 is 0. The van der Waals surface area contributed by atoms with Gasteiger partial charge in [-0.25, -0.2) is 0 Å². The summed E-state index contributed by atoms with van der Waals surface area (Å²) in [4.78, 5) is 0. The van der Waals surface area contributed by atoms with Gasteiger partial charge in [0.2, 0.25) is 0 Å². The molecule has 1 heterocycles. The SMILES string of the molecule is Cc1ccc(C(C)Nc2cn[nH]c2)cc1. The number of nitrogens with zero attached hydrogens (tertiary/aromatic N) is 1. The van der Waals surface area contributed by atoms with Crippen LogP contribution in [0.15, 0.2) is 36.7 Å². The molecule has 0 aliphatic heterocycles. The quantitative estimate of drug-likeness (QED) is 0.801. The molecule has 0 fully saturated rings. The van der Waals surface area contributed by atoms with Crippen LogP contribution in [0.5, 0.6) is 0 Å². The minimum Gasteiger partial charge on any atom is -0.376 e. The monoisotopic (exact) mass is 201 g/mol. The van der Waals surface area contributed by atoms with E-state index in [1.807, 2.05) is 6.20 Å². The fraction of sp³-hybridized carbons (Fsp3) is 0.250. The molecular weight excluding hydrogens is 186 g/mol. The molecule has 0 aliphatic rings. The highest BCUT2D eigenvalue weighted by molar-refractivity contribution is 5.41. The largest absolute Gasteiger partial charge is 0.376 e. The van der Waals surface area contributed by atoms with E-state index >= 15 is 0 Å². The van der Waals surface area contributed by atoms with Crippen molar-refractivity contribution in [1.82, 2.24) is 10.2 Å². The topological polar surface area (TPSA) is 40.7 Å². The molecule has 78 valence electrons. The van der Waals surface area contributed by atoms with E-state index in [1.165, 1.54) is 11.1 Å². The molecule has 0 aliphatic carbocycles. The van der Waals surface area contributed by atoms with Crippen molar-refractivity contribution < 1.29 is 0 Å². The second-order valence-corrected chi connectivity index (χ2v) is 3.76. The average Bonchev–Trinajstić information content (AvgIpc) is 2.71. The van der Waals surface area contributed by atoms with Crippen LogP contribution < -0.4 is 5.32 Å². The van der Waals surface area contributed by atoms with E-state index < -0.39 is 0 Å². The Bertz CT molecular complexity index is 403. The predicted octanol–water partition coefficient (Wildman–Crippen LogP) is 2.89. The molecule has 0 saturated carbocycles. The highest BCUT2D eigenvalue weighted by Gasteiger charge is 2.04. The third-order valence-electron chi connectivity index (χ3n) is 2.46. The van der Waals surface area contributed by atoms with Crippen LogP contribution in [0.25, 0.3) is 0 Å². The Morgan fingerprint density at radius 3 is 2.60 bits per heavy atom. The highest BCUT2D eigenvalue weighted by atomic mass is 15.1. The summed E-state index contributed by atoms with van der Waals surface area (Å²) in [5.41, 5.74) is 3.58. The highest BCUT2D eigenvalue weighted by Crippen LogP contribution is 2.18. The molecule has 1 atom stereocenters. The van der Waals surface area contributed by atoms with Gasteiger partial charge in [-0.1, -0.05) is 29.8 Å². The van der Waals surface area contributed by atoms with Crippen LogP contribution >= 0.6 is 0 Å². The number of hydrogen-bond donors (Lipinski definition) is 2. The van der Waals surface area contributed by atoms with Gasteiger partial charge < -0.3 is 5.32 Å². The molecule has 0 bridgehead atoms. The Labute approximate surface area is 89.5 Å². The van der Waals surface area contributed by atoms with Gasteiger partial charge in [-0.15, -0.1) is 0 Å². The molecule has 2 rings (SSSR count). The van der Waals surface area contributed by atoms with Gasteiger partial charge in [-0.05, 0) is 19.4 Å². The molecule has 2 aromatic rings. The van der Waals surface area contributed by atoms with Crippen molar-refractivity contribution in [3.05, 3.63) is 47.8 Å². The molecule has 15 heavy (non-hydrogen) atoms.